The van der Waals surface area contributed by atoms with Gasteiger partial charge in [0.15, 0.2) is 0 Å². The molecule has 3 heteroatoms. The standard InChI is InChI=1S/C12H24N2O/c1-9(2)12(15)14-7-6-13-10(3)8-11-4-5-11/h9-11,13H,4-8H2,1-3H3,(H,14,15). The zero-order chi connectivity index (χ0) is 11.3. The van der Waals surface area contributed by atoms with Crippen LogP contribution in [0.3, 0.4) is 0 Å². The molecule has 0 aromatic rings. The molecule has 0 spiro atoms. The number of hydrogen-bond donors (Lipinski definition) is 2. The lowest BCUT2D eigenvalue weighted by molar-refractivity contribution is -0.123. The van der Waals surface area contributed by atoms with Crippen LogP contribution in [0, 0.1) is 11.8 Å². The number of carbonyl (C=O) groups is 1. The molecule has 1 amide bonds. The van der Waals surface area contributed by atoms with Crippen molar-refractivity contribution in [2.45, 2.75) is 46.1 Å². The molecule has 3 nitrogen and oxygen atoms in total. The first-order valence-corrected chi connectivity index (χ1v) is 6.10. The Balaban J connectivity index is 1.93. The van der Waals surface area contributed by atoms with E-state index in [2.05, 4.69) is 17.6 Å². The molecule has 0 bridgehead atoms. The van der Waals surface area contributed by atoms with Gasteiger partial charge < -0.3 is 10.6 Å². The molecule has 0 saturated heterocycles. The van der Waals surface area contributed by atoms with E-state index >= 15 is 0 Å². The lowest BCUT2D eigenvalue weighted by Crippen LogP contribution is -2.37. The highest BCUT2D eigenvalue weighted by atomic mass is 16.1. The summed E-state index contributed by atoms with van der Waals surface area (Å²) in [5, 5.41) is 6.34. The molecule has 1 aliphatic rings. The number of rotatable bonds is 7. The van der Waals surface area contributed by atoms with E-state index < -0.39 is 0 Å². The highest BCUT2D eigenvalue weighted by molar-refractivity contribution is 5.77. The smallest absolute Gasteiger partial charge is 0.222 e. The Bertz CT molecular complexity index is 200. The molecule has 2 N–H and O–H groups in total. The Labute approximate surface area is 93.0 Å². The van der Waals surface area contributed by atoms with Crippen molar-refractivity contribution in [3.8, 4) is 0 Å². The molecule has 1 unspecified atom stereocenters. The molecule has 1 atom stereocenters. The van der Waals surface area contributed by atoms with Crippen molar-refractivity contribution < 1.29 is 4.79 Å². The Kier molecular flexibility index (Phi) is 5.09. The maximum absolute atomic E-state index is 11.2. The third-order valence-corrected chi connectivity index (χ3v) is 2.83. The fraction of sp³-hybridized carbons (Fsp3) is 0.917. The van der Waals surface area contributed by atoms with Gasteiger partial charge >= 0.3 is 0 Å². The predicted molar refractivity (Wildman–Crippen MR) is 62.7 cm³/mol. The van der Waals surface area contributed by atoms with Gasteiger partial charge in [0, 0.05) is 25.0 Å². The number of nitrogens with one attached hydrogen (secondary N) is 2. The summed E-state index contributed by atoms with van der Waals surface area (Å²) in [6.07, 6.45) is 4.12. The van der Waals surface area contributed by atoms with Crippen molar-refractivity contribution in [1.29, 1.82) is 0 Å². The molecule has 0 aromatic carbocycles. The minimum Gasteiger partial charge on any atom is -0.355 e. The van der Waals surface area contributed by atoms with Crippen LogP contribution in [0.15, 0.2) is 0 Å². The van der Waals surface area contributed by atoms with E-state index in [4.69, 9.17) is 0 Å². The van der Waals surface area contributed by atoms with Crippen LogP contribution in [-0.2, 0) is 4.79 Å². The van der Waals surface area contributed by atoms with Gasteiger partial charge in [0.1, 0.15) is 0 Å². The molecule has 1 rings (SSSR count). The Morgan fingerprint density at radius 2 is 1.93 bits per heavy atom. The largest absolute Gasteiger partial charge is 0.355 e. The van der Waals surface area contributed by atoms with E-state index in [0.29, 0.717) is 6.04 Å². The van der Waals surface area contributed by atoms with Crippen LogP contribution in [0.2, 0.25) is 0 Å². The predicted octanol–water partition coefficient (Wildman–Crippen LogP) is 1.54. The van der Waals surface area contributed by atoms with Crippen LogP contribution >= 0.6 is 0 Å². The van der Waals surface area contributed by atoms with Gasteiger partial charge in [0.2, 0.25) is 5.91 Å². The lowest BCUT2D eigenvalue weighted by atomic mass is 10.1. The van der Waals surface area contributed by atoms with E-state index in [0.717, 1.165) is 19.0 Å². The van der Waals surface area contributed by atoms with Gasteiger partial charge in [-0.05, 0) is 19.3 Å². The molecule has 1 aliphatic carbocycles. The molecular weight excluding hydrogens is 188 g/mol. The Morgan fingerprint density at radius 1 is 1.27 bits per heavy atom. The highest BCUT2D eigenvalue weighted by Crippen LogP contribution is 2.33. The molecule has 15 heavy (non-hydrogen) atoms. The second kappa shape index (κ2) is 6.11. The zero-order valence-electron chi connectivity index (χ0n) is 10.2. The summed E-state index contributed by atoms with van der Waals surface area (Å²) in [6, 6.07) is 0.591. The summed E-state index contributed by atoms with van der Waals surface area (Å²) in [5.41, 5.74) is 0. The monoisotopic (exact) mass is 212 g/mol. The molecule has 0 radical (unpaired) electrons. The van der Waals surface area contributed by atoms with Gasteiger partial charge in [-0.1, -0.05) is 26.7 Å². The molecule has 0 aromatic heterocycles. The van der Waals surface area contributed by atoms with Gasteiger partial charge in [-0.15, -0.1) is 0 Å². The maximum Gasteiger partial charge on any atom is 0.222 e. The van der Waals surface area contributed by atoms with Crippen LogP contribution in [0.5, 0.6) is 0 Å². The second-order valence-electron chi connectivity index (χ2n) is 4.98. The SMILES string of the molecule is CC(CC1CC1)NCCNC(=O)C(C)C. The van der Waals surface area contributed by atoms with Crippen LogP contribution in [0.4, 0.5) is 0 Å². The average Bonchev–Trinajstić information content (AvgIpc) is 2.95. The van der Waals surface area contributed by atoms with E-state index in [-0.39, 0.29) is 11.8 Å². The third-order valence-electron chi connectivity index (χ3n) is 2.83. The van der Waals surface area contributed by atoms with E-state index in [9.17, 15) is 4.79 Å². The van der Waals surface area contributed by atoms with Crippen LogP contribution in [0.1, 0.15) is 40.0 Å². The van der Waals surface area contributed by atoms with Gasteiger partial charge in [-0.3, -0.25) is 4.79 Å². The topological polar surface area (TPSA) is 41.1 Å². The van der Waals surface area contributed by atoms with Crippen molar-refractivity contribution in [2.75, 3.05) is 13.1 Å². The van der Waals surface area contributed by atoms with E-state index in [1.165, 1.54) is 19.3 Å². The summed E-state index contributed by atoms with van der Waals surface area (Å²) in [6.45, 7) is 7.68. The summed E-state index contributed by atoms with van der Waals surface area (Å²) in [5.74, 6) is 1.21. The number of amides is 1. The zero-order valence-corrected chi connectivity index (χ0v) is 10.2. The lowest BCUT2D eigenvalue weighted by Gasteiger charge is -2.14. The molecule has 1 saturated carbocycles. The van der Waals surface area contributed by atoms with E-state index in [1.807, 2.05) is 13.8 Å². The van der Waals surface area contributed by atoms with Crippen LogP contribution in [-0.4, -0.2) is 25.0 Å². The second-order valence-corrected chi connectivity index (χ2v) is 4.98. The first-order valence-electron chi connectivity index (χ1n) is 6.10. The first-order chi connectivity index (χ1) is 7.09. The quantitative estimate of drug-likeness (QED) is 0.628. The van der Waals surface area contributed by atoms with Crippen molar-refractivity contribution in [3.05, 3.63) is 0 Å². The Morgan fingerprint density at radius 3 is 2.47 bits per heavy atom. The summed E-state index contributed by atoms with van der Waals surface area (Å²) >= 11 is 0. The van der Waals surface area contributed by atoms with E-state index in [1.54, 1.807) is 0 Å². The average molecular weight is 212 g/mol. The van der Waals surface area contributed by atoms with Gasteiger partial charge in [0.05, 0.1) is 0 Å². The maximum atomic E-state index is 11.2. The first kappa shape index (κ1) is 12.5. The molecule has 0 aliphatic heterocycles. The fourth-order valence-corrected chi connectivity index (χ4v) is 1.65. The minimum absolute atomic E-state index is 0.0916. The summed E-state index contributed by atoms with van der Waals surface area (Å²) < 4.78 is 0. The van der Waals surface area contributed by atoms with Crippen molar-refractivity contribution in [3.63, 3.8) is 0 Å². The van der Waals surface area contributed by atoms with Gasteiger partial charge in [-0.25, -0.2) is 0 Å². The van der Waals surface area contributed by atoms with Crippen molar-refractivity contribution in [1.82, 2.24) is 10.6 Å². The highest BCUT2D eigenvalue weighted by Gasteiger charge is 2.23. The minimum atomic E-state index is 0.0916. The van der Waals surface area contributed by atoms with Gasteiger partial charge in [0.25, 0.3) is 0 Å². The third kappa shape index (κ3) is 5.78. The molecule has 88 valence electrons. The van der Waals surface area contributed by atoms with Crippen LogP contribution < -0.4 is 10.6 Å². The Hall–Kier alpha value is -0.570. The number of hydrogen-bond acceptors (Lipinski definition) is 2. The number of carbonyl (C=O) groups excluding carboxylic acids is 1. The normalized spacial score (nSPS) is 17.9. The van der Waals surface area contributed by atoms with Crippen molar-refractivity contribution in [2.24, 2.45) is 11.8 Å². The van der Waals surface area contributed by atoms with Crippen LogP contribution in [0.25, 0.3) is 0 Å². The molecular formula is C12H24N2O. The van der Waals surface area contributed by atoms with Gasteiger partial charge in [-0.2, -0.15) is 0 Å². The summed E-state index contributed by atoms with van der Waals surface area (Å²) in [7, 11) is 0. The summed E-state index contributed by atoms with van der Waals surface area (Å²) in [4.78, 5) is 11.2. The molecule has 0 heterocycles. The van der Waals surface area contributed by atoms with Crippen molar-refractivity contribution >= 4 is 5.91 Å². The molecule has 1 fully saturated rings. The fourth-order valence-electron chi connectivity index (χ4n) is 1.65.